The lowest BCUT2D eigenvalue weighted by Crippen LogP contribution is -2.49. The van der Waals surface area contributed by atoms with Crippen molar-refractivity contribution in [2.45, 2.75) is 84.1 Å². The fourth-order valence-electron chi connectivity index (χ4n) is 3.08. The molecule has 0 radical (unpaired) electrons. The lowest BCUT2D eigenvalue weighted by Gasteiger charge is -2.35. The number of carbonyl (C=O) groups excluding carboxylic acids is 1. The van der Waals surface area contributed by atoms with E-state index in [0.29, 0.717) is 6.54 Å². The highest BCUT2D eigenvalue weighted by Crippen LogP contribution is 2.35. The summed E-state index contributed by atoms with van der Waals surface area (Å²) in [6.45, 7) is 4.84. The number of carbonyl (C=O) groups is 1. The SMILES string of the molecule is CCCCCCC(C)NC(=O)C1(CN)CCCCC1. The minimum absolute atomic E-state index is 0.206. The molecule has 19 heavy (non-hydrogen) atoms. The summed E-state index contributed by atoms with van der Waals surface area (Å²) in [6, 6.07) is 0.287. The third-order valence-corrected chi connectivity index (χ3v) is 4.55. The topological polar surface area (TPSA) is 55.1 Å². The summed E-state index contributed by atoms with van der Waals surface area (Å²) < 4.78 is 0. The molecule has 0 spiro atoms. The van der Waals surface area contributed by atoms with Gasteiger partial charge < -0.3 is 11.1 Å². The molecule has 1 unspecified atom stereocenters. The third-order valence-electron chi connectivity index (χ3n) is 4.55. The fourth-order valence-corrected chi connectivity index (χ4v) is 3.08. The zero-order chi connectivity index (χ0) is 14.1. The molecule has 0 heterocycles. The molecule has 1 aliphatic rings. The van der Waals surface area contributed by atoms with Crippen molar-refractivity contribution in [3.05, 3.63) is 0 Å². The second-order valence-electron chi connectivity index (χ2n) is 6.27. The molecule has 112 valence electrons. The van der Waals surface area contributed by atoms with Gasteiger partial charge in [0, 0.05) is 12.6 Å². The van der Waals surface area contributed by atoms with Crippen molar-refractivity contribution in [1.82, 2.24) is 5.32 Å². The summed E-state index contributed by atoms with van der Waals surface area (Å²) in [6.07, 6.45) is 11.6. The molecular formula is C16H32N2O. The fraction of sp³-hybridized carbons (Fsp3) is 0.938. The molecule has 0 aliphatic heterocycles. The number of unbranched alkanes of at least 4 members (excludes halogenated alkanes) is 3. The van der Waals surface area contributed by atoms with Crippen LogP contribution in [0.5, 0.6) is 0 Å². The van der Waals surface area contributed by atoms with Crippen LogP contribution in [0, 0.1) is 5.41 Å². The van der Waals surface area contributed by atoms with E-state index in [4.69, 9.17) is 5.73 Å². The van der Waals surface area contributed by atoms with Crippen molar-refractivity contribution in [3.8, 4) is 0 Å². The van der Waals surface area contributed by atoms with Gasteiger partial charge in [0.15, 0.2) is 0 Å². The van der Waals surface area contributed by atoms with E-state index in [0.717, 1.165) is 32.1 Å². The Labute approximate surface area is 118 Å². The number of hydrogen-bond donors (Lipinski definition) is 2. The predicted octanol–water partition coefficient (Wildman–Crippen LogP) is 3.37. The van der Waals surface area contributed by atoms with E-state index >= 15 is 0 Å². The molecule has 3 heteroatoms. The van der Waals surface area contributed by atoms with Crippen LogP contribution in [-0.4, -0.2) is 18.5 Å². The molecule has 1 atom stereocenters. The molecule has 1 saturated carbocycles. The van der Waals surface area contributed by atoms with Crippen molar-refractivity contribution in [2.24, 2.45) is 11.1 Å². The largest absolute Gasteiger partial charge is 0.353 e. The average molecular weight is 268 g/mol. The van der Waals surface area contributed by atoms with Crippen LogP contribution in [0.2, 0.25) is 0 Å². The molecular weight excluding hydrogens is 236 g/mol. The van der Waals surface area contributed by atoms with Crippen LogP contribution in [0.4, 0.5) is 0 Å². The van der Waals surface area contributed by atoms with E-state index in [9.17, 15) is 4.79 Å². The van der Waals surface area contributed by atoms with Crippen LogP contribution < -0.4 is 11.1 Å². The predicted molar refractivity (Wildman–Crippen MR) is 80.9 cm³/mol. The number of amides is 1. The van der Waals surface area contributed by atoms with Crippen LogP contribution in [0.25, 0.3) is 0 Å². The first-order valence-corrected chi connectivity index (χ1v) is 8.15. The van der Waals surface area contributed by atoms with Crippen molar-refractivity contribution in [1.29, 1.82) is 0 Å². The monoisotopic (exact) mass is 268 g/mol. The van der Waals surface area contributed by atoms with Gasteiger partial charge >= 0.3 is 0 Å². The van der Waals surface area contributed by atoms with Crippen molar-refractivity contribution >= 4 is 5.91 Å². The Morgan fingerprint density at radius 1 is 1.21 bits per heavy atom. The minimum Gasteiger partial charge on any atom is -0.353 e. The van der Waals surface area contributed by atoms with E-state index in [1.807, 2.05) is 0 Å². The Morgan fingerprint density at radius 2 is 1.89 bits per heavy atom. The number of nitrogens with one attached hydrogen (secondary N) is 1. The van der Waals surface area contributed by atoms with E-state index in [1.165, 1.54) is 32.1 Å². The lowest BCUT2D eigenvalue weighted by molar-refractivity contribution is -0.133. The van der Waals surface area contributed by atoms with Crippen LogP contribution in [0.1, 0.15) is 78.1 Å². The van der Waals surface area contributed by atoms with Gasteiger partial charge in [-0.2, -0.15) is 0 Å². The zero-order valence-electron chi connectivity index (χ0n) is 12.8. The first kappa shape index (κ1) is 16.5. The highest BCUT2D eigenvalue weighted by atomic mass is 16.2. The Balaban J connectivity index is 2.35. The summed E-state index contributed by atoms with van der Waals surface area (Å²) in [5.74, 6) is 0.206. The molecule has 1 amide bonds. The van der Waals surface area contributed by atoms with Crippen LogP contribution in [-0.2, 0) is 4.79 Å². The first-order chi connectivity index (χ1) is 9.14. The maximum absolute atomic E-state index is 12.5. The first-order valence-electron chi connectivity index (χ1n) is 8.15. The molecule has 0 bridgehead atoms. The normalized spacial score (nSPS) is 19.9. The Bertz CT molecular complexity index is 259. The second-order valence-corrected chi connectivity index (χ2v) is 6.27. The molecule has 3 nitrogen and oxygen atoms in total. The highest BCUT2D eigenvalue weighted by molar-refractivity contribution is 5.83. The average Bonchev–Trinajstić information content (AvgIpc) is 2.44. The Kier molecular flexibility index (Phi) is 7.44. The summed E-state index contributed by atoms with van der Waals surface area (Å²) in [5, 5.41) is 3.20. The summed E-state index contributed by atoms with van der Waals surface area (Å²) in [7, 11) is 0. The molecule has 3 N–H and O–H groups in total. The highest BCUT2D eigenvalue weighted by Gasteiger charge is 2.38. The molecule has 1 rings (SSSR count). The van der Waals surface area contributed by atoms with Crippen LogP contribution in [0.3, 0.4) is 0 Å². The summed E-state index contributed by atoms with van der Waals surface area (Å²) in [5.41, 5.74) is 5.63. The zero-order valence-corrected chi connectivity index (χ0v) is 12.8. The van der Waals surface area contributed by atoms with E-state index < -0.39 is 0 Å². The van der Waals surface area contributed by atoms with Gasteiger partial charge in [-0.15, -0.1) is 0 Å². The second kappa shape index (κ2) is 8.57. The van der Waals surface area contributed by atoms with Gasteiger partial charge in [-0.1, -0.05) is 51.9 Å². The quantitative estimate of drug-likeness (QED) is 0.663. The summed E-state index contributed by atoms with van der Waals surface area (Å²) >= 11 is 0. The van der Waals surface area contributed by atoms with Gasteiger partial charge in [-0.05, 0) is 26.2 Å². The molecule has 0 aromatic carbocycles. The molecule has 1 aliphatic carbocycles. The Hall–Kier alpha value is -0.570. The third kappa shape index (κ3) is 5.13. The van der Waals surface area contributed by atoms with Crippen LogP contribution >= 0.6 is 0 Å². The maximum atomic E-state index is 12.5. The van der Waals surface area contributed by atoms with E-state index in [2.05, 4.69) is 19.2 Å². The van der Waals surface area contributed by atoms with Gasteiger partial charge in [-0.3, -0.25) is 4.79 Å². The maximum Gasteiger partial charge on any atom is 0.227 e. The van der Waals surface area contributed by atoms with Gasteiger partial charge in [0.25, 0.3) is 0 Å². The van der Waals surface area contributed by atoms with Gasteiger partial charge in [-0.25, -0.2) is 0 Å². The lowest BCUT2D eigenvalue weighted by atomic mass is 9.73. The van der Waals surface area contributed by atoms with E-state index in [-0.39, 0.29) is 17.4 Å². The van der Waals surface area contributed by atoms with Crippen molar-refractivity contribution in [3.63, 3.8) is 0 Å². The molecule has 0 saturated heterocycles. The van der Waals surface area contributed by atoms with Gasteiger partial charge in [0.1, 0.15) is 0 Å². The van der Waals surface area contributed by atoms with Gasteiger partial charge in [0.2, 0.25) is 5.91 Å². The number of rotatable bonds is 8. The van der Waals surface area contributed by atoms with E-state index in [1.54, 1.807) is 0 Å². The van der Waals surface area contributed by atoms with Gasteiger partial charge in [0.05, 0.1) is 5.41 Å². The van der Waals surface area contributed by atoms with Crippen molar-refractivity contribution < 1.29 is 4.79 Å². The standard InChI is InChI=1S/C16H32N2O/c1-3-4-5-7-10-14(2)18-15(19)16(13-17)11-8-6-9-12-16/h14H,3-13,17H2,1-2H3,(H,18,19). The molecule has 0 aromatic rings. The minimum atomic E-state index is -0.268. The smallest absolute Gasteiger partial charge is 0.227 e. The van der Waals surface area contributed by atoms with Crippen molar-refractivity contribution in [2.75, 3.05) is 6.54 Å². The molecule has 1 fully saturated rings. The molecule has 0 aromatic heterocycles. The number of nitrogens with two attached hydrogens (primary N) is 1. The van der Waals surface area contributed by atoms with Crippen LogP contribution in [0.15, 0.2) is 0 Å². The summed E-state index contributed by atoms with van der Waals surface area (Å²) in [4.78, 5) is 12.5. The number of hydrogen-bond acceptors (Lipinski definition) is 2. The Morgan fingerprint density at radius 3 is 2.47 bits per heavy atom.